The molecule has 0 atom stereocenters. The molecule has 2 aromatic carbocycles. The molecule has 0 aliphatic rings. The molecule has 0 spiro atoms. The second-order valence-corrected chi connectivity index (χ2v) is 4.64. The summed E-state index contributed by atoms with van der Waals surface area (Å²) in [6, 6.07) is 14.3. The van der Waals surface area contributed by atoms with E-state index in [4.69, 9.17) is 10.5 Å². The van der Waals surface area contributed by atoms with Crippen LogP contribution in [0.1, 0.15) is 35.7 Å². The summed E-state index contributed by atoms with van der Waals surface area (Å²) in [6.45, 7) is 2.82. The van der Waals surface area contributed by atoms with Crippen LogP contribution in [0.25, 0.3) is 0 Å². The van der Waals surface area contributed by atoms with E-state index in [-0.39, 0.29) is 5.78 Å². The molecule has 3 nitrogen and oxygen atoms in total. The highest BCUT2D eigenvalue weighted by atomic mass is 16.5. The molecule has 0 unspecified atom stereocenters. The first-order chi connectivity index (χ1) is 9.72. The van der Waals surface area contributed by atoms with Gasteiger partial charge in [0.25, 0.3) is 0 Å². The fourth-order valence-corrected chi connectivity index (χ4v) is 1.90. The number of benzene rings is 2. The lowest BCUT2D eigenvalue weighted by Gasteiger charge is -2.07. The van der Waals surface area contributed by atoms with Crippen molar-refractivity contribution in [3.05, 3.63) is 59.7 Å². The van der Waals surface area contributed by atoms with Gasteiger partial charge >= 0.3 is 0 Å². The molecule has 0 aromatic heterocycles. The van der Waals surface area contributed by atoms with Crippen LogP contribution >= 0.6 is 0 Å². The number of anilines is 1. The van der Waals surface area contributed by atoms with Crippen LogP contribution in [-0.2, 0) is 0 Å². The summed E-state index contributed by atoms with van der Waals surface area (Å²) < 4.78 is 5.57. The van der Waals surface area contributed by atoms with E-state index in [2.05, 4.69) is 6.92 Å². The van der Waals surface area contributed by atoms with Gasteiger partial charge in [-0.1, -0.05) is 25.5 Å². The molecule has 0 amide bonds. The van der Waals surface area contributed by atoms with Crippen LogP contribution in [0, 0.1) is 0 Å². The summed E-state index contributed by atoms with van der Waals surface area (Å²) >= 11 is 0. The van der Waals surface area contributed by atoms with Gasteiger partial charge in [0, 0.05) is 16.8 Å². The van der Waals surface area contributed by atoms with Crippen molar-refractivity contribution in [3.8, 4) is 5.75 Å². The largest absolute Gasteiger partial charge is 0.494 e. The number of para-hydroxylation sites is 1. The van der Waals surface area contributed by atoms with Gasteiger partial charge in [-0.2, -0.15) is 0 Å². The Morgan fingerprint density at radius 1 is 1.10 bits per heavy atom. The Morgan fingerprint density at radius 2 is 1.80 bits per heavy atom. The lowest BCUT2D eigenvalue weighted by atomic mass is 10.0. The Balaban J connectivity index is 2.10. The Kier molecular flexibility index (Phi) is 4.77. The first-order valence-corrected chi connectivity index (χ1v) is 6.84. The Bertz CT molecular complexity index is 576. The molecule has 0 saturated carbocycles. The number of hydrogen-bond donors (Lipinski definition) is 1. The number of hydrogen-bond acceptors (Lipinski definition) is 3. The van der Waals surface area contributed by atoms with E-state index >= 15 is 0 Å². The molecule has 20 heavy (non-hydrogen) atoms. The zero-order valence-electron chi connectivity index (χ0n) is 11.6. The number of nitrogens with two attached hydrogens (primary N) is 1. The summed E-state index contributed by atoms with van der Waals surface area (Å²) in [5.74, 6) is 0.722. The molecule has 104 valence electrons. The number of ketones is 1. The van der Waals surface area contributed by atoms with E-state index < -0.39 is 0 Å². The van der Waals surface area contributed by atoms with Crippen LogP contribution in [0.3, 0.4) is 0 Å². The van der Waals surface area contributed by atoms with Gasteiger partial charge in [0.05, 0.1) is 6.61 Å². The first-order valence-electron chi connectivity index (χ1n) is 6.84. The molecule has 2 aromatic rings. The highest BCUT2D eigenvalue weighted by molar-refractivity contribution is 6.12. The van der Waals surface area contributed by atoms with E-state index in [1.165, 1.54) is 0 Å². The predicted molar refractivity (Wildman–Crippen MR) is 81.1 cm³/mol. The van der Waals surface area contributed by atoms with E-state index in [1.54, 1.807) is 24.3 Å². The summed E-state index contributed by atoms with van der Waals surface area (Å²) in [7, 11) is 0. The van der Waals surface area contributed by atoms with Crippen LogP contribution in [0.4, 0.5) is 5.69 Å². The summed E-state index contributed by atoms with van der Waals surface area (Å²) in [5.41, 5.74) is 7.48. The Hall–Kier alpha value is -2.29. The quantitative estimate of drug-likeness (QED) is 0.494. The highest BCUT2D eigenvalue weighted by Gasteiger charge is 2.11. The maximum Gasteiger partial charge on any atom is 0.195 e. The zero-order valence-corrected chi connectivity index (χ0v) is 11.6. The second-order valence-electron chi connectivity index (χ2n) is 4.64. The van der Waals surface area contributed by atoms with Gasteiger partial charge in [0.1, 0.15) is 5.75 Å². The number of ether oxygens (including phenoxy) is 1. The molecule has 0 heterocycles. The van der Waals surface area contributed by atoms with Crippen molar-refractivity contribution in [1.82, 2.24) is 0 Å². The van der Waals surface area contributed by atoms with E-state index in [0.717, 1.165) is 18.6 Å². The zero-order chi connectivity index (χ0) is 14.4. The normalized spacial score (nSPS) is 10.2. The second kappa shape index (κ2) is 6.75. The van der Waals surface area contributed by atoms with Crippen molar-refractivity contribution in [2.24, 2.45) is 0 Å². The minimum Gasteiger partial charge on any atom is -0.494 e. The summed E-state index contributed by atoms with van der Waals surface area (Å²) in [4.78, 5) is 12.3. The molecule has 0 radical (unpaired) electrons. The fraction of sp³-hybridized carbons (Fsp3) is 0.235. The van der Waals surface area contributed by atoms with Crippen molar-refractivity contribution >= 4 is 11.5 Å². The predicted octanol–water partition coefficient (Wildman–Crippen LogP) is 3.68. The van der Waals surface area contributed by atoms with E-state index in [9.17, 15) is 4.79 Å². The minimum absolute atomic E-state index is 0.0665. The van der Waals surface area contributed by atoms with Gasteiger partial charge in [0.2, 0.25) is 0 Å². The van der Waals surface area contributed by atoms with Gasteiger partial charge in [-0.15, -0.1) is 0 Å². The monoisotopic (exact) mass is 269 g/mol. The van der Waals surface area contributed by atoms with Gasteiger partial charge in [0.15, 0.2) is 5.78 Å². The van der Waals surface area contributed by atoms with Gasteiger partial charge in [-0.05, 0) is 42.8 Å². The molecular formula is C17H19NO2. The third-order valence-corrected chi connectivity index (χ3v) is 3.09. The van der Waals surface area contributed by atoms with Crippen molar-refractivity contribution in [1.29, 1.82) is 0 Å². The van der Waals surface area contributed by atoms with Crippen LogP contribution in [0.2, 0.25) is 0 Å². The topological polar surface area (TPSA) is 52.3 Å². The molecule has 0 fully saturated rings. The molecule has 3 heteroatoms. The lowest BCUT2D eigenvalue weighted by Crippen LogP contribution is -2.05. The Labute approximate surface area is 119 Å². The van der Waals surface area contributed by atoms with Gasteiger partial charge in [-0.3, -0.25) is 4.79 Å². The Morgan fingerprint density at radius 3 is 2.45 bits per heavy atom. The SMILES string of the molecule is CCCCOc1ccc(C(=O)c2ccccc2N)cc1. The number of rotatable bonds is 6. The van der Waals surface area contributed by atoms with Crippen molar-refractivity contribution in [3.63, 3.8) is 0 Å². The third kappa shape index (κ3) is 3.38. The lowest BCUT2D eigenvalue weighted by molar-refractivity contribution is 0.103. The average molecular weight is 269 g/mol. The van der Waals surface area contributed by atoms with Crippen molar-refractivity contribution in [2.75, 3.05) is 12.3 Å². The summed E-state index contributed by atoms with van der Waals surface area (Å²) in [5, 5.41) is 0. The minimum atomic E-state index is -0.0665. The molecule has 0 bridgehead atoms. The maximum atomic E-state index is 12.3. The maximum absolute atomic E-state index is 12.3. The smallest absolute Gasteiger partial charge is 0.195 e. The van der Waals surface area contributed by atoms with Crippen LogP contribution < -0.4 is 10.5 Å². The fourth-order valence-electron chi connectivity index (χ4n) is 1.90. The van der Waals surface area contributed by atoms with Gasteiger partial charge in [-0.25, -0.2) is 0 Å². The number of unbranched alkanes of at least 4 members (excludes halogenated alkanes) is 1. The standard InChI is InChI=1S/C17H19NO2/c1-2-3-12-20-14-10-8-13(9-11-14)17(19)15-6-4-5-7-16(15)18/h4-11H,2-3,12,18H2,1H3. The first kappa shape index (κ1) is 14.1. The van der Waals surface area contributed by atoms with E-state index in [1.807, 2.05) is 24.3 Å². The molecule has 0 saturated heterocycles. The van der Waals surface area contributed by atoms with Crippen LogP contribution in [-0.4, -0.2) is 12.4 Å². The van der Waals surface area contributed by atoms with E-state index in [0.29, 0.717) is 23.4 Å². The van der Waals surface area contributed by atoms with Crippen LogP contribution in [0.5, 0.6) is 5.75 Å². The van der Waals surface area contributed by atoms with Crippen molar-refractivity contribution in [2.45, 2.75) is 19.8 Å². The van der Waals surface area contributed by atoms with Gasteiger partial charge < -0.3 is 10.5 Å². The molecule has 2 N–H and O–H groups in total. The average Bonchev–Trinajstić information content (AvgIpc) is 2.48. The third-order valence-electron chi connectivity index (χ3n) is 3.09. The summed E-state index contributed by atoms with van der Waals surface area (Å²) in [6.07, 6.45) is 2.13. The van der Waals surface area contributed by atoms with Crippen LogP contribution in [0.15, 0.2) is 48.5 Å². The number of carbonyl (C=O) groups is 1. The molecule has 2 rings (SSSR count). The number of nitrogen functional groups attached to an aromatic ring is 1. The highest BCUT2D eigenvalue weighted by Crippen LogP contribution is 2.19. The number of carbonyl (C=O) groups excluding carboxylic acids is 1. The van der Waals surface area contributed by atoms with Crippen molar-refractivity contribution < 1.29 is 9.53 Å². The molecule has 0 aliphatic carbocycles. The molecular weight excluding hydrogens is 250 g/mol. The molecule has 0 aliphatic heterocycles.